The van der Waals surface area contributed by atoms with E-state index >= 15 is 0 Å². The average molecular weight is 354 g/mol. The Labute approximate surface area is 153 Å². The Morgan fingerprint density at radius 1 is 1.31 bits per heavy atom. The maximum atomic E-state index is 11.9. The molecule has 7 heteroatoms. The number of benzene rings is 1. The standard InChI is InChI=1S/C19H26N6O/c1-23(2)18(26)12-20-19(22-15-7-8-15)24-10-9-16(13-24)25-17-6-4-3-5-14(17)11-21-25/h3-6,11,15-16H,7-10,12-13H2,1-2H3,(H,20,22). The summed E-state index contributed by atoms with van der Waals surface area (Å²) in [5.74, 6) is 0.885. The van der Waals surface area contributed by atoms with Gasteiger partial charge >= 0.3 is 0 Å². The Balaban J connectivity index is 1.49. The smallest absolute Gasteiger partial charge is 0.243 e. The van der Waals surface area contributed by atoms with Crippen molar-refractivity contribution in [3.05, 3.63) is 30.5 Å². The van der Waals surface area contributed by atoms with Crippen molar-refractivity contribution in [1.29, 1.82) is 0 Å². The molecule has 0 bridgehead atoms. The molecule has 1 saturated carbocycles. The van der Waals surface area contributed by atoms with Crippen LogP contribution in [0.25, 0.3) is 10.9 Å². The lowest BCUT2D eigenvalue weighted by Crippen LogP contribution is -2.42. The van der Waals surface area contributed by atoms with Crippen LogP contribution in [0.2, 0.25) is 0 Å². The van der Waals surface area contributed by atoms with Gasteiger partial charge < -0.3 is 15.1 Å². The van der Waals surface area contributed by atoms with Crippen LogP contribution in [-0.2, 0) is 4.79 Å². The van der Waals surface area contributed by atoms with E-state index < -0.39 is 0 Å². The average Bonchev–Trinajstić information content (AvgIpc) is 3.16. The number of amides is 1. The summed E-state index contributed by atoms with van der Waals surface area (Å²) in [6.07, 6.45) is 5.33. The van der Waals surface area contributed by atoms with Crippen molar-refractivity contribution in [2.45, 2.75) is 31.3 Å². The second kappa shape index (κ2) is 6.97. The van der Waals surface area contributed by atoms with Crippen molar-refractivity contribution in [1.82, 2.24) is 24.9 Å². The number of nitrogens with zero attached hydrogens (tertiary/aromatic N) is 5. The molecule has 1 aromatic heterocycles. The quantitative estimate of drug-likeness (QED) is 0.667. The van der Waals surface area contributed by atoms with Crippen LogP contribution < -0.4 is 5.32 Å². The highest BCUT2D eigenvalue weighted by Crippen LogP contribution is 2.26. The lowest BCUT2D eigenvalue weighted by molar-refractivity contribution is -0.127. The molecule has 7 nitrogen and oxygen atoms in total. The molecule has 1 amide bonds. The Bertz CT molecular complexity index is 822. The SMILES string of the molecule is CN(C)C(=O)CN=C(NC1CC1)N1CCC(n2ncc3ccccc32)C1. The highest BCUT2D eigenvalue weighted by molar-refractivity contribution is 5.85. The van der Waals surface area contributed by atoms with Crippen molar-refractivity contribution < 1.29 is 4.79 Å². The maximum Gasteiger partial charge on any atom is 0.243 e. The first-order chi connectivity index (χ1) is 12.6. The van der Waals surface area contributed by atoms with Crippen LogP contribution >= 0.6 is 0 Å². The summed E-state index contributed by atoms with van der Waals surface area (Å²) in [4.78, 5) is 20.4. The van der Waals surface area contributed by atoms with Crippen LogP contribution in [-0.4, -0.2) is 71.2 Å². The summed E-state index contributed by atoms with van der Waals surface area (Å²) < 4.78 is 2.13. The van der Waals surface area contributed by atoms with Gasteiger partial charge in [-0.25, -0.2) is 4.99 Å². The molecular weight excluding hydrogens is 328 g/mol. The first-order valence-electron chi connectivity index (χ1n) is 9.30. The van der Waals surface area contributed by atoms with Crippen LogP contribution in [0.1, 0.15) is 25.3 Å². The van der Waals surface area contributed by atoms with Gasteiger partial charge in [-0.15, -0.1) is 0 Å². The number of aromatic nitrogens is 2. The van der Waals surface area contributed by atoms with Gasteiger partial charge in [-0.05, 0) is 25.3 Å². The molecule has 26 heavy (non-hydrogen) atoms. The Morgan fingerprint density at radius 3 is 2.88 bits per heavy atom. The molecule has 138 valence electrons. The molecule has 1 aliphatic heterocycles. The van der Waals surface area contributed by atoms with Gasteiger partial charge in [0.2, 0.25) is 5.91 Å². The van der Waals surface area contributed by atoms with Crippen molar-refractivity contribution in [3.8, 4) is 0 Å². The first kappa shape index (κ1) is 16.9. The molecule has 2 heterocycles. The van der Waals surface area contributed by atoms with E-state index in [1.807, 2.05) is 12.3 Å². The van der Waals surface area contributed by atoms with E-state index in [0.717, 1.165) is 25.5 Å². The fourth-order valence-electron chi connectivity index (χ4n) is 3.35. The summed E-state index contributed by atoms with van der Waals surface area (Å²) in [5, 5.41) is 9.29. The Kier molecular flexibility index (Phi) is 4.53. The van der Waals surface area contributed by atoms with Crippen molar-refractivity contribution >= 4 is 22.8 Å². The van der Waals surface area contributed by atoms with E-state index in [9.17, 15) is 4.79 Å². The van der Waals surface area contributed by atoms with Gasteiger partial charge in [0.1, 0.15) is 6.54 Å². The van der Waals surface area contributed by atoms with E-state index in [1.54, 1.807) is 19.0 Å². The number of nitrogens with one attached hydrogen (secondary N) is 1. The number of rotatable bonds is 4. The number of carbonyl (C=O) groups excluding carboxylic acids is 1. The second-order valence-electron chi connectivity index (χ2n) is 7.38. The number of likely N-dealkylation sites (N-methyl/N-ethyl adjacent to an activating group) is 1. The predicted octanol–water partition coefficient (Wildman–Crippen LogP) is 1.48. The Morgan fingerprint density at radius 2 is 2.12 bits per heavy atom. The highest BCUT2D eigenvalue weighted by Gasteiger charge is 2.31. The van der Waals surface area contributed by atoms with Crippen LogP contribution in [0.4, 0.5) is 0 Å². The first-order valence-corrected chi connectivity index (χ1v) is 9.30. The number of hydrogen-bond donors (Lipinski definition) is 1. The van der Waals surface area contributed by atoms with E-state index in [4.69, 9.17) is 0 Å². The zero-order valence-corrected chi connectivity index (χ0v) is 15.4. The summed E-state index contributed by atoms with van der Waals surface area (Å²) in [6.45, 7) is 1.97. The second-order valence-corrected chi connectivity index (χ2v) is 7.38. The lowest BCUT2D eigenvalue weighted by atomic mass is 10.2. The van der Waals surface area contributed by atoms with E-state index in [1.165, 1.54) is 23.7 Å². The third-order valence-electron chi connectivity index (χ3n) is 5.09. The van der Waals surface area contributed by atoms with Gasteiger partial charge in [0.15, 0.2) is 5.96 Å². The maximum absolute atomic E-state index is 11.9. The molecule has 4 rings (SSSR count). The molecule has 1 unspecified atom stereocenters. The number of hydrogen-bond acceptors (Lipinski definition) is 3. The van der Waals surface area contributed by atoms with Crippen molar-refractivity contribution in [3.63, 3.8) is 0 Å². The van der Waals surface area contributed by atoms with Gasteiger partial charge in [0, 0.05) is 38.6 Å². The summed E-state index contributed by atoms with van der Waals surface area (Å²) in [5.41, 5.74) is 1.18. The van der Waals surface area contributed by atoms with Crippen LogP contribution in [0.3, 0.4) is 0 Å². The van der Waals surface area contributed by atoms with E-state index in [-0.39, 0.29) is 12.5 Å². The normalized spacial score (nSPS) is 20.6. The molecule has 1 saturated heterocycles. The van der Waals surface area contributed by atoms with Gasteiger partial charge in [-0.3, -0.25) is 9.48 Å². The van der Waals surface area contributed by atoms with Gasteiger partial charge in [0.25, 0.3) is 0 Å². The molecule has 0 spiro atoms. The fraction of sp³-hybridized carbons (Fsp3) is 0.526. The largest absolute Gasteiger partial charge is 0.353 e. The summed E-state index contributed by atoms with van der Waals surface area (Å²) in [7, 11) is 3.53. The monoisotopic (exact) mass is 354 g/mol. The number of para-hydroxylation sites is 1. The number of guanidine groups is 1. The molecule has 2 aromatic rings. The van der Waals surface area contributed by atoms with E-state index in [0.29, 0.717) is 12.1 Å². The van der Waals surface area contributed by atoms with Crippen LogP contribution in [0.5, 0.6) is 0 Å². The molecule has 2 aliphatic rings. The molecule has 2 fully saturated rings. The molecular formula is C19H26N6O. The molecule has 1 aromatic carbocycles. The lowest BCUT2D eigenvalue weighted by Gasteiger charge is -2.22. The minimum atomic E-state index is 0.0221. The van der Waals surface area contributed by atoms with Crippen LogP contribution in [0, 0.1) is 0 Å². The zero-order valence-electron chi connectivity index (χ0n) is 15.4. The minimum Gasteiger partial charge on any atom is -0.353 e. The minimum absolute atomic E-state index is 0.0221. The van der Waals surface area contributed by atoms with Crippen LogP contribution in [0.15, 0.2) is 35.5 Å². The number of aliphatic imine (C=N–C) groups is 1. The number of likely N-dealkylation sites (tertiary alicyclic amines) is 1. The number of carbonyl (C=O) groups is 1. The van der Waals surface area contributed by atoms with E-state index in [2.05, 4.69) is 43.2 Å². The third kappa shape index (κ3) is 3.52. The summed E-state index contributed by atoms with van der Waals surface area (Å²) >= 11 is 0. The van der Waals surface area contributed by atoms with Crippen molar-refractivity contribution in [2.24, 2.45) is 4.99 Å². The zero-order chi connectivity index (χ0) is 18.1. The highest BCUT2D eigenvalue weighted by atomic mass is 16.2. The predicted molar refractivity (Wildman–Crippen MR) is 102 cm³/mol. The Hall–Kier alpha value is -2.57. The van der Waals surface area contributed by atoms with Gasteiger partial charge in [-0.1, -0.05) is 18.2 Å². The van der Waals surface area contributed by atoms with Gasteiger partial charge in [-0.2, -0.15) is 5.10 Å². The molecule has 0 radical (unpaired) electrons. The van der Waals surface area contributed by atoms with Gasteiger partial charge in [0.05, 0.1) is 17.8 Å². The molecule has 1 aliphatic carbocycles. The topological polar surface area (TPSA) is 65.8 Å². The third-order valence-corrected chi connectivity index (χ3v) is 5.09. The summed E-state index contributed by atoms with van der Waals surface area (Å²) in [6, 6.07) is 9.15. The molecule has 1 atom stereocenters. The number of fused-ring (bicyclic) bond motifs is 1. The molecule has 1 N–H and O–H groups in total. The van der Waals surface area contributed by atoms with Crippen molar-refractivity contribution in [2.75, 3.05) is 33.7 Å². The fourth-order valence-corrected chi connectivity index (χ4v) is 3.35.